The highest BCUT2D eigenvalue weighted by atomic mass is 32.2. The Balaban J connectivity index is 0.809. The van der Waals surface area contributed by atoms with Crippen molar-refractivity contribution < 1.29 is 19.1 Å². The molecule has 0 saturated heterocycles. The summed E-state index contributed by atoms with van der Waals surface area (Å²) in [4.78, 5) is 36.5. The van der Waals surface area contributed by atoms with Crippen LogP contribution in [-0.4, -0.2) is 11.9 Å². The Kier molecular flexibility index (Phi) is 10.6. The van der Waals surface area contributed by atoms with Crippen molar-refractivity contribution in [1.29, 1.82) is 0 Å². The van der Waals surface area contributed by atoms with E-state index in [2.05, 4.69) is 62.4 Å². The van der Waals surface area contributed by atoms with Gasteiger partial charge in [0.1, 0.15) is 11.5 Å². The molecule has 266 valence electrons. The van der Waals surface area contributed by atoms with E-state index in [1.54, 1.807) is 41.7 Å². The lowest BCUT2D eigenvalue weighted by atomic mass is 10.1. The highest BCUT2D eigenvalue weighted by molar-refractivity contribution is 8.35. The zero-order chi connectivity index (χ0) is 36.8. The number of ether oxygens (including phenoxy) is 2. The quantitative estimate of drug-likeness (QED) is 0.121. The van der Waals surface area contributed by atoms with E-state index in [0.717, 1.165) is 11.1 Å². The fourth-order valence-corrected chi connectivity index (χ4v) is 16.6. The minimum absolute atomic E-state index is 0.263. The molecule has 0 N–H and O–H groups in total. The zero-order valence-electron chi connectivity index (χ0n) is 28.4. The Bertz CT molecular complexity index is 2280. The van der Waals surface area contributed by atoms with Crippen LogP contribution in [-0.2, 0) is 0 Å². The molecule has 4 aliphatic rings. The molecule has 0 fully saturated rings. The Morgan fingerprint density at radius 1 is 0.407 bits per heavy atom. The molecule has 5 aromatic carbocycles. The minimum atomic E-state index is -0.548. The molecule has 9 rings (SSSR count). The van der Waals surface area contributed by atoms with Crippen LogP contribution in [0.15, 0.2) is 168 Å². The molecule has 0 atom stereocenters. The van der Waals surface area contributed by atoms with Crippen molar-refractivity contribution in [3.8, 4) is 11.5 Å². The predicted molar refractivity (Wildman–Crippen MR) is 235 cm³/mol. The van der Waals surface area contributed by atoms with Gasteiger partial charge in [0.25, 0.3) is 0 Å². The molecule has 54 heavy (non-hydrogen) atoms. The summed E-state index contributed by atoms with van der Waals surface area (Å²) in [6.45, 7) is 4.29. The molecule has 0 saturated carbocycles. The van der Waals surface area contributed by atoms with Crippen molar-refractivity contribution in [2.45, 2.75) is 33.4 Å². The second kappa shape index (κ2) is 15.7. The van der Waals surface area contributed by atoms with Crippen molar-refractivity contribution in [1.82, 2.24) is 0 Å². The van der Waals surface area contributed by atoms with E-state index in [-0.39, 0.29) is 11.1 Å². The van der Waals surface area contributed by atoms with E-state index in [4.69, 9.17) is 9.47 Å². The Morgan fingerprint density at radius 2 is 0.759 bits per heavy atom. The average molecular weight is 851 g/mol. The first kappa shape index (κ1) is 36.4. The lowest BCUT2D eigenvalue weighted by Gasteiger charge is -2.09. The molecular weight excluding hydrogens is 825 g/mol. The third kappa shape index (κ3) is 7.64. The molecule has 5 aromatic rings. The van der Waals surface area contributed by atoms with Gasteiger partial charge in [-0.1, -0.05) is 149 Å². The fourth-order valence-electron chi connectivity index (χ4n) is 5.73. The fraction of sp³-hybridized carbons (Fsp3) is 0.0476. The molecule has 0 aromatic heterocycles. The molecule has 0 spiro atoms. The molecule has 0 radical (unpaired) electrons. The van der Waals surface area contributed by atoms with Crippen LogP contribution in [0.25, 0.3) is 9.81 Å². The van der Waals surface area contributed by atoms with E-state index in [1.165, 1.54) is 62.2 Å². The van der Waals surface area contributed by atoms with Gasteiger partial charge in [0.05, 0.1) is 28.1 Å². The molecule has 4 heterocycles. The first-order valence-electron chi connectivity index (χ1n) is 16.6. The standard InChI is InChI=1S/C42H26O4S8/c1-23-35(53-39(47-23)41-49-31-10-3-4-11-32(31)50-41)25-14-18-29(19-15-25)45-37(43)27-8-7-9-28(22-27)38(44)46-30-20-16-26(17-21-30)36-24(2)48-40(54-36)42-51-33-12-5-6-13-34(33)52-42/h3-22H,1-2H3. The third-order valence-electron chi connectivity index (χ3n) is 8.35. The third-order valence-corrected chi connectivity index (χ3v) is 19.8. The number of fused-ring (bicyclic) bond motifs is 2. The molecule has 0 aliphatic carbocycles. The summed E-state index contributed by atoms with van der Waals surface area (Å²) >= 11 is 14.5. The molecular formula is C42H26O4S8. The van der Waals surface area contributed by atoms with E-state index in [0.29, 0.717) is 11.5 Å². The summed E-state index contributed by atoms with van der Waals surface area (Å²) in [5, 5.41) is 0. The van der Waals surface area contributed by atoms with E-state index < -0.39 is 11.9 Å². The number of carbonyl (C=O) groups excluding carboxylic acids is 2. The van der Waals surface area contributed by atoms with Gasteiger partial charge < -0.3 is 9.47 Å². The van der Waals surface area contributed by atoms with Crippen molar-refractivity contribution in [3.05, 3.63) is 170 Å². The van der Waals surface area contributed by atoms with Crippen LogP contribution in [0.5, 0.6) is 11.5 Å². The van der Waals surface area contributed by atoms with Crippen LogP contribution in [0.1, 0.15) is 45.7 Å². The van der Waals surface area contributed by atoms with Crippen LogP contribution in [0, 0.1) is 0 Å². The highest BCUT2D eigenvalue weighted by Gasteiger charge is 2.29. The van der Waals surface area contributed by atoms with Gasteiger partial charge in [-0.15, -0.1) is 0 Å². The molecule has 0 amide bonds. The number of hydrogen-bond donors (Lipinski definition) is 0. The number of benzene rings is 5. The Labute approximate surface area is 347 Å². The predicted octanol–water partition coefficient (Wildman–Crippen LogP) is 14.5. The van der Waals surface area contributed by atoms with Crippen LogP contribution >= 0.6 is 94.1 Å². The monoisotopic (exact) mass is 850 g/mol. The van der Waals surface area contributed by atoms with Crippen LogP contribution in [0.2, 0.25) is 0 Å². The van der Waals surface area contributed by atoms with Crippen molar-refractivity contribution >= 4 is 116 Å². The normalized spacial score (nSPS) is 16.3. The van der Waals surface area contributed by atoms with Gasteiger partial charge in [0, 0.05) is 39.2 Å². The second-order valence-corrected chi connectivity index (χ2v) is 21.8. The SMILES string of the molecule is CC1=C(c2ccc(OC(=O)c3cccc(C(=O)Oc4ccc(C5=C(C)SC(=C6Sc7ccccc7S6)S5)cc4)c3)cc2)SC(=C2Sc3ccccc3S2)S1. The van der Waals surface area contributed by atoms with Gasteiger partial charge >= 0.3 is 11.9 Å². The Morgan fingerprint density at radius 3 is 1.13 bits per heavy atom. The number of esters is 2. The van der Waals surface area contributed by atoms with Crippen molar-refractivity contribution in [2.75, 3.05) is 0 Å². The van der Waals surface area contributed by atoms with Gasteiger partial charge in [-0.3, -0.25) is 0 Å². The minimum Gasteiger partial charge on any atom is -0.423 e. The van der Waals surface area contributed by atoms with Crippen LogP contribution in [0.4, 0.5) is 0 Å². The van der Waals surface area contributed by atoms with Crippen LogP contribution in [0.3, 0.4) is 0 Å². The maximum absolute atomic E-state index is 13.2. The van der Waals surface area contributed by atoms with E-state index in [9.17, 15) is 9.59 Å². The largest absolute Gasteiger partial charge is 0.423 e. The van der Waals surface area contributed by atoms with E-state index in [1.807, 2.05) is 119 Å². The highest BCUT2D eigenvalue weighted by Crippen LogP contribution is 2.63. The number of carbonyl (C=O) groups is 2. The van der Waals surface area contributed by atoms with Gasteiger partial charge in [-0.05, 0) is 91.7 Å². The van der Waals surface area contributed by atoms with Gasteiger partial charge in [-0.2, -0.15) is 0 Å². The summed E-state index contributed by atoms with van der Waals surface area (Å²) in [6.07, 6.45) is 0. The zero-order valence-corrected chi connectivity index (χ0v) is 35.0. The van der Waals surface area contributed by atoms with Crippen molar-refractivity contribution in [2.24, 2.45) is 0 Å². The topological polar surface area (TPSA) is 52.6 Å². The number of rotatable bonds is 6. The lowest BCUT2D eigenvalue weighted by Crippen LogP contribution is -2.12. The molecule has 4 nitrogen and oxygen atoms in total. The number of thioether (sulfide) groups is 8. The van der Waals surface area contributed by atoms with Crippen LogP contribution < -0.4 is 9.47 Å². The summed E-state index contributed by atoms with van der Waals surface area (Å²) in [5.74, 6) is -0.235. The summed E-state index contributed by atoms with van der Waals surface area (Å²) in [5.41, 5.74) is 2.68. The smallest absolute Gasteiger partial charge is 0.343 e. The number of hydrogen-bond acceptors (Lipinski definition) is 12. The second-order valence-electron chi connectivity index (χ2n) is 12.0. The summed E-state index contributed by atoms with van der Waals surface area (Å²) in [6, 6.07) is 38.6. The maximum Gasteiger partial charge on any atom is 0.343 e. The van der Waals surface area contributed by atoms with Gasteiger partial charge in [0.2, 0.25) is 0 Å². The average Bonchev–Trinajstić information content (AvgIpc) is 4.00. The Hall–Kier alpha value is -3.20. The molecule has 4 aliphatic heterocycles. The summed E-state index contributed by atoms with van der Waals surface area (Å²) in [7, 11) is 0. The number of allylic oxidation sites excluding steroid dienone is 2. The molecule has 0 unspecified atom stereocenters. The first-order valence-corrected chi connectivity index (χ1v) is 23.1. The molecule has 12 heteroatoms. The van der Waals surface area contributed by atoms with Gasteiger partial charge in [-0.25, -0.2) is 9.59 Å². The summed E-state index contributed by atoms with van der Waals surface area (Å²) < 4.78 is 16.7. The van der Waals surface area contributed by atoms with Gasteiger partial charge in [0.15, 0.2) is 0 Å². The maximum atomic E-state index is 13.2. The lowest BCUT2D eigenvalue weighted by molar-refractivity contribution is 0.0734. The molecule has 0 bridgehead atoms. The van der Waals surface area contributed by atoms with E-state index >= 15 is 0 Å². The van der Waals surface area contributed by atoms with Crippen molar-refractivity contribution in [3.63, 3.8) is 0 Å². The first-order chi connectivity index (χ1) is 26.3.